The average molecular weight is 306 g/mol. The van der Waals surface area contributed by atoms with E-state index in [-0.39, 0.29) is 10.2 Å². The molecule has 1 unspecified atom stereocenters. The summed E-state index contributed by atoms with van der Waals surface area (Å²) in [5.41, 5.74) is 0.206. The lowest BCUT2D eigenvalue weighted by Gasteiger charge is -2.37. The van der Waals surface area contributed by atoms with E-state index in [1.54, 1.807) is 0 Å². The van der Waals surface area contributed by atoms with E-state index in [0.717, 1.165) is 37.1 Å². The van der Waals surface area contributed by atoms with Crippen LogP contribution in [0.1, 0.15) is 54.9 Å². The molecule has 0 aromatic heterocycles. The van der Waals surface area contributed by atoms with Crippen molar-refractivity contribution in [2.45, 2.75) is 59.6 Å². The van der Waals surface area contributed by atoms with Gasteiger partial charge < -0.3 is 4.48 Å². The van der Waals surface area contributed by atoms with Crippen molar-refractivity contribution in [3.8, 4) is 0 Å². The SMILES string of the molecule is CC[N+](C)(CC)CCN(C)S(=O)C(C)(C)CC(C)(C)C. The fourth-order valence-electron chi connectivity index (χ4n) is 2.77. The summed E-state index contributed by atoms with van der Waals surface area (Å²) in [7, 11) is 3.33. The molecule has 0 aromatic carbocycles. The number of nitrogens with zero attached hydrogens (tertiary/aromatic N) is 2. The summed E-state index contributed by atoms with van der Waals surface area (Å²) in [4.78, 5) is 0. The molecule has 0 aliphatic rings. The van der Waals surface area contributed by atoms with E-state index < -0.39 is 11.0 Å². The molecule has 0 heterocycles. The van der Waals surface area contributed by atoms with E-state index >= 15 is 0 Å². The molecule has 3 nitrogen and oxygen atoms in total. The molecular weight excluding hydrogens is 268 g/mol. The van der Waals surface area contributed by atoms with Crippen molar-refractivity contribution >= 4 is 11.0 Å². The molecule has 1 atom stereocenters. The van der Waals surface area contributed by atoms with Crippen molar-refractivity contribution in [1.29, 1.82) is 0 Å². The van der Waals surface area contributed by atoms with Crippen LogP contribution in [0.25, 0.3) is 0 Å². The van der Waals surface area contributed by atoms with Crippen LogP contribution in [-0.4, -0.2) is 58.0 Å². The lowest BCUT2D eigenvalue weighted by molar-refractivity contribution is -0.905. The van der Waals surface area contributed by atoms with Crippen molar-refractivity contribution in [3.05, 3.63) is 0 Å². The molecule has 0 saturated heterocycles. The highest BCUT2D eigenvalue weighted by Gasteiger charge is 2.34. The maximum Gasteiger partial charge on any atom is 0.0999 e. The minimum absolute atomic E-state index is 0.172. The van der Waals surface area contributed by atoms with Crippen molar-refractivity contribution in [2.75, 3.05) is 40.3 Å². The molecular formula is C16H37N2OS+. The Hall–Kier alpha value is 0.0700. The van der Waals surface area contributed by atoms with Crippen LogP contribution in [0.15, 0.2) is 0 Å². The van der Waals surface area contributed by atoms with Gasteiger partial charge in [-0.1, -0.05) is 20.8 Å². The predicted molar refractivity (Wildman–Crippen MR) is 91.1 cm³/mol. The van der Waals surface area contributed by atoms with E-state index in [1.165, 1.54) is 0 Å². The Balaban J connectivity index is 4.63. The molecule has 0 amide bonds. The van der Waals surface area contributed by atoms with Crippen molar-refractivity contribution in [3.63, 3.8) is 0 Å². The van der Waals surface area contributed by atoms with Gasteiger partial charge in [0.05, 0.1) is 49.0 Å². The first-order chi connectivity index (χ1) is 8.87. The zero-order valence-electron chi connectivity index (χ0n) is 15.2. The van der Waals surface area contributed by atoms with Gasteiger partial charge in [-0.2, -0.15) is 0 Å². The van der Waals surface area contributed by atoms with Crippen LogP contribution >= 0.6 is 0 Å². The summed E-state index contributed by atoms with van der Waals surface area (Å²) >= 11 is 0. The molecule has 0 fully saturated rings. The van der Waals surface area contributed by atoms with Gasteiger partial charge in [0.25, 0.3) is 0 Å². The molecule has 0 aliphatic heterocycles. The smallest absolute Gasteiger partial charge is 0.0999 e. The Bertz CT molecular complexity index is 317. The monoisotopic (exact) mass is 305 g/mol. The Labute approximate surface area is 129 Å². The third-order valence-electron chi connectivity index (χ3n) is 4.19. The lowest BCUT2D eigenvalue weighted by Crippen LogP contribution is -2.49. The quantitative estimate of drug-likeness (QED) is 0.630. The van der Waals surface area contributed by atoms with Crippen LogP contribution in [0.2, 0.25) is 0 Å². The molecule has 122 valence electrons. The van der Waals surface area contributed by atoms with E-state index in [9.17, 15) is 4.21 Å². The second-order valence-electron chi connectivity index (χ2n) is 8.07. The molecule has 0 aliphatic carbocycles. The maximum absolute atomic E-state index is 12.8. The van der Waals surface area contributed by atoms with Crippen molar-refractivity contribution in [1.82, 2.24) is 4.31 Å². The van der Waals surface area contributed by atoms with Crippen LogP contribution < -0.4 is 0 Å². The number of rotatable bonds is 8. The fraction of sp³-hybridized carbons (Fsp3) is 1.00. The Morgan fingerprint density at radius 2 is 1.50 bits per heavy atom. The van der Waals surface area contributed by atoms with Gasteiger partial charge >= 0.3 is 0 Å². The van der Waals surface area contributed by atoms with E-state index in [0.29, 0.717) is 0 Å². The summed E-state index contributed by atoms with van der Waals surface area (Å²) in [6.07, 6.45) is 0.963. The van der Waals surface area contributed by atoms with Gasteiger partial charge in [0.1, 0.15) is 0 Å². The largest absolute Gasteiger partial charge is 0.325 e. The summed E-state index contributed by atoms with van der Waals surface area (Å²) in [6, 6.07) is 0. The molecule has 0 N–H and O–H groups in total. The highest BCUT2D eigenvalue weighted by molar-refractivity contribution is 7.84. The number of likely N-dealkylation sites (N-methyl/N-ethyl adjacent to an activating group) is 2. The topological polar surface area (TPSA) is 20.3 Å². The van der Waals surface area contributed by atoms with Crippen molar-refractivity contribution < 1.29 is 8.69 Å². The summed E-state index contributed by atoms with van der Waals surface area (Å²) in [5, 5.41) is 0. The van der Waals surface area contributed by atoms with Crippen LogP contribution in [0.3, 0.4) is 0 Å². The Kier molecular flexibility index (Phi) is 7.39. The molecule has 0 radical (unpaired) electrons. The summed E-state index contributed by atoms with van der Waals surface area (Å²) in [6.45, 7) is 19.5. The first kappa shape index (κ1) is 20.1. The molecule has 0 saturated carbocycles. The Morgan fingerprint density at radius 1 is 1.05 bits per heavy atom. The van der Waals surface area contributed by atoms with Crippen LogP contribution in [0, 0.1) is 5.41 Å². The molecule has 0 rings (SSSR count). The van der Waals surface area contributed by atoms with Crippen molar-refractivity contribution in [2.24, 2.45) is 5.41 Å². The zero-order chi connectivity index (χ0) is 16.2. The first-order valence-electron chi connectivity index (χ1n) is 7.83. The number of hydrogen-bond acceptors (Lipinski definition) is 1. The average Bonchev–Trinajstić information content (AvgIpc) is 2.31. The third-order valence-corrected chi connectivity index (χ3v) is 6.03. The first-order valence-corrected chi connectivity index (χ1v) is 8.94. The maximum atomic E-state index is 12.8. The molecule has 4 heteroatoms. The highest BCUT2D eigenvalue weighted by atomic mass is 32.2. The van der Waals surface area contributed by atoms with Crippen LogP contribution in [0.5, 0.6) is 0 Å². The number of quaternary nitrogens is 1. The standard InChI is InChI=1S/C16H37N2OS/c1-10-18(9,11-2)13-12-17(8)20(19)16(6,7)14-15(3,4)5/h10-14H2,1-9H3/q+1. The van der Waals surface area contributed by atoms with E-state index in [4.69, 9.17) is 0 Å². The normalized spacial score (nSPS) is 15.7. The second kappa shape index (κ2) is 7.37. The summed E-state index contributed by atoms with van der Waals surface area (Å²) in [5.74, 6) is 0. The molecule has 0 bridgehead atoms. The summed E-state index contributed by atoms with van der Waals surface area (Å²) < 4.78 is 15.7. The van der Waals surface area contributed by atoms with Gasteiger partial charge in [0.15, 0.2) is 0 Å². The Morgan fingerprint density at radius 3 is 1.85 bits per heavy atom. The fourth-order valence-corrected chi connectivity index (χ4v) is 4.41. The van der Waals surface area contributed by atoms with E-state index in [2.05, 4.69) is 55.5 Å². The molecule has 0 aromatic rings. The van der Waals surface area contributed by atoms with E-state index in [1.807, 2.05) is 11.4 Å². The number of hydrogen-bond donors (Lipinski definition) is 0. The lowest BCUT2D eigenvalue weighted by atomic mass is 9.86. The second-order valence-corrected chi connectivity index (χ2v) is 10.3. The van der Waals surface area contributed by atoms with Gasteiger partial charge in [0.2, 0.25) is 0 Å². The van der Waals surface area contributed by atoms with Gasteiger partial charge in [-0.3, -0.25) is 0 Å². The van der Waals surface area contributed by atoms with Gasteiger partial charge in [-0.15, -0.1) is 0 Å². The third kappa shape index (κ3) is 6.68. The predicted octanol–water partition coefficient (Wildman–Crippen LogP) is 3.28. The molecule has 20 heavy (non-hydrogen) atoms. The van der Waals surface area contributed by atoms with Gasteiger partial charge in [-0.25, -0.2) is 8.51 Å². The van der Waals surface area contributed by atoms with Gasteiger partial charge in [-0.05, 0) is 39.5 Å². The minimum atomic E-state index is -0.937. The molecule has 0 spiro atoms. The zero-order valence-corrected chi connectivity index (χ0v) is 16.1. The van der Waals surface area contributed by atoms with Crippen LogP contribution in [-0.2, 0) is 11.0 Å². The highest BCUT2D eigenvalue weighted by Crippen LogP contribution is 2.31. The minimum Gasteiger partial charge on any atom is -0.325 e. The van der Waals surface area contributed by atoms with Gasteiger partial charge in [0, 0.05) is 7.05 Å². The van der Waals surface area contributed by atoms with Crippen LogP contribution in [0.4, 0.5) is 0 Å².